The molecule has 6 unspecified atom stereocenters. The molecule has 0 aromatic rings. The summed E-state index contributed by atoms with van der Waals surface area (Å²) in [5.41, 5.74) is 0. The van der Waals surface area contributed by atoms with Crippen LogP contribution in [0.4, 0.5) is 0 Å². The van der Waals surface area contributed by atoms with Crippen molar-refractivity contribution in [2.45, 2.75) is 55.1 Å². The molecule has 20 heavy (non-hydrogen) atoms. The third kappa shape index (κ3) is 7.00. The Morgan fingerprint density at radius 2 is 1.55 bits per heavy atom. The van der Waals surface area contributed by atoms with Gasteiger partial charge in [-0.15, -0.1) is 0 Å². The predicted molar refractivity (Wildman–Crippen MR) is 101 cm³/mol. The first kappa shape index (κ1) is 18.6. The predicted octanol–water partition coefficient (Wildman–Crippen LogP) is 2.78. The Labute approximate surface area is 179 Å². The van der Waals surface area contributed by atoms with Crippen LogP contribution in [0.15, 0.2) is 0 Å². The van der Waals surface area contributed by atoms with E-state index < -0.39 is 0 Å². The summed E-state index contributed by atoms with van der Waals surface area (Å²) in [5.74, 6) is 4.16. The summed E-state index contributed by atoms with van der Waals surface area (Å²) in [6, 6.07) is 0. The summed E-state index contributed by atoms with van der Waals surface area (Å²) in [5, 5.41) is 2.15. The van der Waals surface area contributed by atoms with Crippen molar-refractivity contribution in [3.05, 3.63) is 0 Å². The summed E-state index contributed by atoms with van der Waals surface area (Å²) in [6.45, 7) is 0. The average molecular weight is 767 g/mol. The summed E-state index contributed by atoms with van der Waals surface area (Å²) < 4.78 is 6.91. The molecule has 3 rings (SSSR count). The van der Waals surface area contributed by atoms with Crippen LogP contribution >= 0.6 is 23.5 Å². The van der Waals surface area contributed by atoms with Gasteiger partial charge in [0.15, 0.2) is 0 Å². The zero-order chi connectivity index (χ0) is 13.9. The average Bonchev–Trinajstić information content (AvgIpc) is 3.28. The maximum absolute atomic E-state index is 2.21. The monoisotopic (exact) mass is 776 g/mol. The first-order valence-electron chi connectivity index (χ1n) is 7.49. The molecule has 0 amide bonds. The molecule has 0 aliphatic carbocycles. The Bertz CT molecular complexity index is 280. The first-order chi connectivity index (χ1) is 9.70. The van der Waals surface area contributed by atoms with Gasteiger partial charge in [0.1, 0.15) is 0 Å². The zero-order valence-electron chi connectivity index (χ0n) is 11.6. The summed E-state index contributed by atoms with van der Waals surface area (Å²) >= 11 is 9.62. The van der Waals surface area contributed by atoms with Gasteiger partial charge >= 0.3 is 182 Å². The van der Waals surface area contributed by atoms with Crippen LogP contribution in [-0.4, -0.2) is 108 Å². The Kier molecular flexibility index (Phi) is 8.88. The summed E-state index contributed by atoms with van der Waals surface area (Å²) in [7, 11) is 0. The summed E-state index contributed by atoms with van der Waals surface area (Å²) in [4.78, 5) is 0. The second kappa shape index (κ2) is 9.53. The molecule has 3 fully saturated rings. The first-order valence-corrected chi connectivity index (χ1v) is 18.8. The van der Waals surface area contributed by atoms with E-state index in [1.807, 2.05) is 0 Å². The standard InChI is InChI=1S/C14H24S2Te4/c17-12(2-10-5-15-10)1-9-7-19-8-20-14(9)4-13(18)3-11-6-16-11/h9-14,17-18H,1-8H2. The molecule has 0 nitrogen and oxygen atoms in total. The van der Waals surface area contributed by atoms with E-state index in [-0.39, 0.29) is 0 Å². The van der Waals surface area contributed by atoms with Gasteiger partial charge in [-0.05, 0) is 0 Å². The SMILES string of the molecule is [TeH]C(CC1CS1)CC1C[Te]C[Te]C1CC([TeH])CC1CS1. The van der Waals surface area contributed by atoms with Crippen LogP contribution in [0.2, 0.25) is 18.9 Å². The second-order valence-corrected chi connectivity index (χ2v) is 22.9. The van der Waals surface area contributed by atoms with E-state index in [4.69, 9.17) is 0 Å². The molecule has 3 aliphatic heterocycles. The van der Waals surface area contributed by atoms with Gasteiger partial charge in [0.05, 0.1) is 0 Å². The topological polar surface area (TPSA) is 0 Å². The van der Waals surface area contributed by atoms with Crippen molar-refractivity contribution in [3.8, 4) is 0 Å². The molecule has 116 valence electrons. The van der Waals surface area contributed by atoms with Gasteiger partial charge in [0, 0.05) is 0 Å². The van der Waals surface area contributed by atoms with Crippen molar-refractivity contribution in [3.63, 3.8) is 0 Å². The molecule has 0 spiro atoms. The number of rotatable bonds is 8. The molecule has 3 aliphatic rings. The Morgan fingerprint density at radius 1 is 0.950 bits per heavy atom. The van der Waals surface area contributed by atoms with E-state index in [0.717, 1.165) is 18.4 Å². The molecule has 6 atom stereocenters. The molecule has 0 radical (unpaired) electrons. The molecule has 0 saturated carbocycles. The van der Waals surface area contributed by atoms with Crippen molar-refractivity contribution in [1.29, 1.82) is 0 Å². The third-order valence-corrected chi connectivity index (χ3v) is 20.0. The van der Waals surface area contributed by atoms with Gasteiger partial charge in [0.2, 0.25) is 0 Å². The van der Waals surface area contributed by atoms with Crippen LogP contribution in [0, 0.1) is 5.92 Å². The molecule has 0 N–H and O–H groups in total. The van der Waals surface area contributed by atoms with Crippen molar-refractivity contribution >= 4 is 110 Å². The molecule has 0 bridgehead atoms. The molecule has 3 heterocycles. The van der Waals surface area contributed by atoms with Crippen LogP contribution in [-0.2, 0) is 0 Å². The Hall–Kier alpha value is 3.86. The fourth-order valence-electron chi connectivity index (χ4n) is 2.88. The third-order valence-electron chi connectivity index (χ3n) is 4.18. The van der Waals surface area contributed by atoms with E-state index >= 15 is 0 Å². The molecular formula is C14H24S2Te4. The van der Waals surface area contributed by atoms with Gasteiger partial charge < -0.3 is 0 Å². The molecule has 0 aromatic heterocycles. The van der Waals surface area contributed by atoms with E-state index in [1.54, 1.807) is 32.7 Å². The Morgan fingerprint density at radius 3 is 2.15 bits per heavy atom. The number of hydrogen-bond acceptors (Lipinski definition) is 2. The zero-order valence-corrected chi connectivity index (χ0v) is 23.0. The molecule has 6 heteroatoms. The molecule has 3 saturated heterocycles. The van der Waals surface area contributed by atoms with Gasteiger partial charge in [-0.1, -0.05) is 0 Å². The van der Waals surface area contributed by atoms with E-state index in [0.29, 0.717) is 41.8 Å². The van der Waals surface area contributed by atoms with Gasteiger partial charge in [0.25, 0.3) is 0 Å². The normalized spacial score (nSPS) is 39.3. The van der Waals surface area contributed by atoms with Crippen LogP contribution in [0.3, 0.4) is 0 Å². The van der Waals surface area contributed by atoms with Gasteiger partial charge in [-0.2, -0.15) is 0 Å². The van der Waals surface area contributed by atoms with E-state index in [9.17, 15) is 0 Å². The van der Waals surface area contributed by atoms with Crippen molar-refractivity contribution < 1.29 is 0 Å². The van der Waals surface area contributed by atoms with Gasteiger partial charge in [-0.25, -0.2) is 0 Å². The van der Waals surface area contributed by atoms with Crippen LogP contribution in [0.1, 0.15) is 25.7 Å². The van der Waals surface area contributed by atoms with Crippen LogP contribution in [0.5, 0.6) is 0 Å². The minimum absolute atomic E-state index is 0.406. The maximum atomic E-state index is 2.21. The van der Waals surface area contributed by atoms with Crippen molar-refractivity contribution in [1.82, 2.24) is 0 Å². The fourth-order valence-corrected chi connectivity index (χ4v) is 22.8. The van der Waals surface area contributed by atoms with Crippen molar-refractivity contribution in [2.24, 2.45) is 5.92 Å². The quantitative estimate of drug-likeness (QED) is 0.276. The van der Waals surface area contributed by atoms with Gasteiger partial charge in [-0.3, -0.25) is 0 Å². The summed E-state index contributed by atoms with van der Waals surface area (Å²) in [6.07, 6.45) is 6.38. The number of hydrogen-bond donors (Lipinski definition) is 0. The van der Waals surface area contributed by atoms with E-state index in [1.165, 1.54) is 21.4 Å². The molecular weight excluding hydrogens is 743 g/mol. The van der Waals surface area contributed by atoms with Crippen molar-refractivity contribution in [2.75, 3.05) is 11.5 Å². The molecule has 0 aromatic carbocycles. The minimum atomic E-state index is 0.406. The second-order valence-electron chi connectivity index (χ2n) is 6.11. The fraction of sp³-hybridized carbons (Fsp3) is 1.00. The van der Waals surface area contributed by atoms with E-state index in [2.05, 4.69) is 68.1 Å². The van der Waals surface area contributed by atoms with Crippen LogP contribution < -0.4 is 0 Å². The number of thioether (sulfide) groups is 2. The van der Waals surface area contributed by atoms with Crippen LogP contribution in [0.25, 0.3) is 0 Å². The Balaban J connectivity index is 1.44.